The van der Waals surface area contributed by atoms with Gasteiger partial charge < -0.3 is 16.2 Å². The van der Waals surface area contributed by atoms with E-state index in [1.54, 1.807) is 6.07 Å². The van der Waals surface area contributed by atoms with Crippen LogP contribution in [0.25, 0.3) is 0 Å². The quantitative estimate of drug-likeness (QED) is 0.632. The molecule has 0 unspecified atom stereocenters. The molecule has 1 aliphatic rings. The topological polar surface area (TPSA) is 61.3 Å². The minimum atomic E-state index is 0.588. The van der Waals surface area contributed by atoms with Crippen LogP contribution in [0.2, 0.25) is 0 Å². The molecule has 1 aliphatic carbocycles. The summed E-state index contributed by atoms with van der Waals surface area (Å²) in [5.74, 6) is 2.23. The number of rotatable bonds is 6. The average molecular weight is 338 g/mol. The Labute approximate surface area is 151 Å². The molecule has 2 aromatic carbocycles. The Hall–Kier alpha value is -2.16. The van der Waals surface area contributed by atoms with E-state index >= 15 is 0 Å². The summed E-state index contributed by atoms with van der Waals surface area (Å²) < 4.78 is 6.23. The van der Waals surface area contributed by atoms with Crippen LogP contribution in [0, 0.1) is 0 Å². The van der Waals surface area contributed by atoms with Crippen LogP contribution in [-0.4, -0.2) is 0 Å². The van der Waals surface area contributed by atoms with Gasteiger partial charge in [0.2, 0.25) is 0 Å². The van der Waals surface area contributed by atoms with Crippen LogP contribution in [0.3, 0.4) is 0 Å². The molecule has 0 saturated heterocycles. The lowest BCUT2D eigenvalue weighted by Crippen LogP contribution is -2.07. The van der Waals surface area contributed by atoms with Crippen molar-refractivity contribution in [2.24, 2.45) is 0 Å². The molecule has 4 N–H and O–H groups in total. The number of nitrogens with two attached hydrogens (primary N) is 2. The molecule has 134 valence electrons. The standard InChI is InChI=1S/C22H30N2O/c1-2-3-7-16-10-12-21(19(14-16)17-8-5-4-6-9-17)25-22-13-11-18(23)15-20(22)24/h10-15,17H,2-9,23-24H2,1H3. The lowest BCUT2D eigenvalue weighted by Gasteiger charge is -2.25. The van der Waals surface area contributed by atoms with Crippen molar-refractivity contribution < 1.29 is 4.74 Å². The molecule has 0 spiro atoms. The fourth-order valence-corrected chi connectivity index (χ4v) is 3.74. The Kier molecular flexibility index (Phi) is 5.85. The van der Waals surface area contributed by atoms with Gasteiger partial charge in [-0.25, -0.2) is 0 Å². The number of unbranched alkanes of at least 4 members (excludes halogenated alkanes) is 1. The first-order valence-electron chi connectivity index (χ1n) is 9.63. The molecule has 25 heavy (non-hydrogen) atoms. The Bertz CT molecular complexity index is 705. The lowest BCUT2D eigenvalue weighted by atomic mass is 9.83. The van der Waals surface area contributed by atoms with E-state index in [1.165, 1.54) is 56.1 Å². The second-order valence-electron chi connectivity index (χ2n) is 7.21. The van der Waals surface area contributed by atoms with Crippen molar-refractivity contribution in [3.8, 4) is 11.5 Å². The first-order valence-corrected chi connectivity index (χ1v) is 9.63. The molecule has 3 nitrogen and oxygen atoms in total. The van der Waals surface area contributed by atoms with Gasteiger partial charge in [0.1, 0.15) is 11.5 Å². The summed E-state index contributed by atoms with van der Waals surface area (Å²) in [6.45, 7) is 2.24. The molecule has 3 heteroatoms. The van der Waals surface area contributed by atoms with Crippen LogP contribution in [0.15, 0.2) is 36.4 Å². The molecule has 0 amide bonds. The third-order valence-electron chi connectivity index (χ3n) is 5.19. The van der Waals surface area contributed by atoms with Crippen molar-refractivity contribution in [1.29, 1.82) is 0 Å². The number of anilines is 2. The zero-order chi connectivity index (χ0) is 17.6. The molecule has 2 aromatic rings. The van der Waals surface area contributed by atoms with Gasteiger partial charge in [0.05, 0.1) is 5.69 Å². The normalized spacial score (nSPS) is 15.2. The third-order valence-corrected chi connectivity index (χ3v) is 5.19. The molecule has 3 rings (SSSR count). The SMILES string of the molecule is CCCCc1ccc(Oc2ccc(N)cc2N)c(C2CCCCC2)c1. The highest BCUT2D eigenvalue weighted by molar-refractivity contribution is 5.61. The Morgan fingerprint density at radius 1 is 0.960 bits per heavy atom. The number of nitrogen functional groups attached to an aromatic ring is 2. The van der Waals surface area contributed by atoms with Gasteiger partial charge in [0, 0.05) is 5.69 Å². The smallest absolute Gasteiger partial charge is 0.150 e. The van der Waals surface area contributed by atoms with Gasteiger partial charge in [-0.05, 0) is 67.0 Å². The van der Waals surface area contributed by atoms with Gasteiger partial charge in [-0.2, -0.15) is 0 Å². The summed E-state index contributed by atoms with van der Waals surface area (Å²) in [5, 5.41) is 0. The maximum atomic E-state index is 6.23. The first kappa shape index (κ1) is 17.7. The predicted octanol–water partition coefficient (Wildman–Crippen LogP) is 6.03. The molecule has 1 saturated carbocycles. The van der Waals surface area contributed by atoms with E-state index in [2.05, 4.69) is 25.1 Å². The molecule has 1 fully saturated rings. The van der Waals surface area contributed by atoms with Crippen molar-refractivity contribution in [2.45, 2.75) is 64.2 Å². The van der Waals surface area contributed by atoms with Crippen LogP contribution >= 0.6 is 0 Å². The van der Waals surface area contributed by atoms with Crippen LogP contribution < -0.4 is 16.2 Å². The molecule has 0 aromatic heterocycles. The van der Waals surface area contributed by atoms with Gasteiger partial charge in [0.25, 0.3) is 0 Å². The zero-order valence-electron chi connectivity index (χ0n) is 15.3. The first-order chi connectivity index (χ1) is 12.2. The number of hydrogen-bond acceptors (Lipinski definition) is 3. The van der Waals surface area contributed by atoms with Crippen molar-refractivity contribution >= 4 is 11.4 Å². The molecule has 0 aliphatic heterocycles. The fraction of sp³-hybridized carbons (Fsp3) is 0.455. The van der Waals surface area contributed by atoms with E-state index in [-0.39, 0.29) is 0 Å². The summed E-state index contributed by atoms with van der Waals surface area (Å²) in [4.78, 5) is 0. The van der Waals surface area contributed by atoms with Gasteiger partial charge in [0.15, 0.2) is 0 Å². The maximum absolute atomic E-state index is 6.23. The average Bonchev–Trinajstić information content (AvgIpc) is 2.63. The summed E-state index contributed by atoms with van der Waals surface area (Å²) in [6, 6.07) is 12.1. The largest absolute Gasteiger partial charge is 0.455 e. The molecule has 0 atom stereocenters. The predicted molar refractivity (Wildman–Crippen MR) is 106 cm³/mol. The Morgan fingerprint density at radius 2 is 1.72 bits per heavy atom. The minimum Gasteiger partial charge on any atom is -0.455 e. The molecule has 0 radical (unpaired) electrons. The van der Waals surface area contributed by atoms with Crippen LogP contribution in [0.1, 0.15) is 68.9 Å². The van der Waals surface area contributed by atoms with Gasteiger partial charge in [-0.15, -0.1) is 0 Å². The van der Waals surface area contributed by atoms with E-state index in [0.717, 1.165) is 12.2 Å². The number of aryl methyl sites for hydroxylation is 1. The second kappa shape index (κ2) is 8.28. The summed E-state index contributed by atoms with van der Waals surface area (Å²) in [7, 11) is 0. The third kappa shape index (κ3) is 4.47. The van der Waals surface area contributed by atoms with Crippen molar-refractivity contribution in [1.82, 2.24) is 0 Å². The summed E-state index contributed by atoms with van der Waals surface area (Å²) in [6.07, 6.45) is 10.1. The Morgan fingerprint density at radius 3 is 2.44 bits per heavy atom. The second-order valence-corrected chi connectivity index (χ2v) is 7.21. The molecule has 0 heterocycles. The van der Waals surface area contributed by atoms with E-state index in [0.29, 0.717) is 23.0 Å². The van der Waals surface area contributed by atoms with Gasteiger partial charge >= 0.3 is 0 Å². The highest BCUT2D eigenvalue weighted by Crippen LogP contribution is 2.40. The van der Waals surface area contributed by atoms with E-state index in [1.807, 2.05) is 12.1 Å². The zero-order valence-corrected chi connectivity index (χ0v) is 15.3. The minimum absolute atomic E-state index is 0.588. The highest BCUT2D eigenvalue weighted by Gasteiger charge is 2.20. The lowest BCUT2D eigenvalue weighted by molar-refractivity contribution is 0.419. The van der Waals surface area contributed by atoms with Gasteiger partial charge in [-0.3, -0.25) is 0 Å². The van der Waals surface area contributed by atoms with Crippen LogP contribution in [0.5, 0.6) is 11.5 Å². The fourth-order valence-electron chi connectivity index (χ4n) is 3.74. The van der Waals surface area contributed by atoms with Crippen molar-refractivity contribution in [3.05, 3.63) is 47.5 Å². The van der Waals surface area contributed by atoms with E-state index in [4.69, 9.17) is 16.2 Å². The summed E-state index contributed by atoms with van der Waals surface area (Å²) >= 11 is 0. The Balaban J connectivity index is 1.90. The number of hydrogen-bond donors (Lipinski definition) is 2. The van der Waals surface area contributed by atoms with Gasteiger partial charge in [-0.1, -0.05) is 44.7 Å². The van der Waals surface area contributed by atoms with E-state index in [9.17, 15) is 0 Å². The van der Waals surface area contributed by atoms with Crippen molar-refractivity contribution in [3.63, 3.8) is 0 Å². The summed E-state index contributed by atoms with van der Waals surface area (Å²) in [5.41, 5.74) is 15.9. The maximum Gasteiger partial charge on any atom is 0.150 e. The molecular formula is C22H30N2O. The highest BCUT2D eigenvalue weighted by atomic mass is 16.5. The van der Waals surface area contributed by atoms with Crippen LogP contribution in [-0.2, 0) is 6.42 Å². The molecular weight excluding hydrogens is 308 g/mol. The number of benzene rings is 2. The van der Waals surface area contributed by atoms with Crippen molar-refractivity contribution in [2.75, 3.05) is 11.5 Å². The monoisotopic (exact) mass is 338 g/mol. The van der Waals surface area contributed by atoms with Crippen LogP contribution in [0.4, 0.5) is 11.4 Å². The number of ether oxygens (including phenoxy) is 1. The molecule has 0 bridgehead atoms. The van der Waals surface area contributed by atoms with E-state index < -0.39 is 0 Å².